The van der Waals surface area contributed by atoms with E-state index in [9.17, 15) is 26.3 Å². The van der Waals surface area contributed by atoms with Crippen LogP contribution in [0.1, 0.15) is 22.5 Å². The van der Waals surface area contributed by atoms with E-state index in [1.165, 1.54) is 18.2 Å². The Morgan fingerprint density at radius 2 is 1.57 bits per heavy atom. The molecule has 0 radical (unpaired) electrons. The molecule has 0 aromatic carbocycles. The molecule has 0 bridgehead atoms. The number of hydrogen-bond acceptors (Lipinski definition) is 2. The van der Waals surface area contributed by atoms with Crippen LogP contribution in [-0.4, -0.2) is 9.97 Å². The maximum Gasteiger partial charge on any atom is 0.417 e. The smallest absolute Gasteiger partial charge is 0.261 e. The number of alkyl halides is 6. The van der Waals surface area contributed by atoms with Gasteiger partial charge in [0.15, 0.2) is 0 Å². The Balaban J connectivity index is 2.05. The topological polar surface area (TPSA) is 25.8 Å². The van der Waals surface area contributed by atoms with E-state index in [4.69, 9.17) is 0 Å². The fourth-order valence-electron chi connectivity index (χ4n) is 1.74. The van der Waals surface area contributed by atoms with Crippen molar-refractivity contribution < 1.29 is 26.3 Å². The predicted molar refractivity (Wildman–Crippen MR) is 71.2 cm³/mol. The first-order chi connectivity index (χ1) is 10.7. The lowest BCUT2D eigenvalue weighted by molar-refractivity contribution is -0.138. The second-order valence-corrected chi connectivity index (χ2v) is 4.61. The number of aromatic nitrogens is 2. The third-order valence-corrected chi connectivity index (χ3v) is 2.87. The van der Waals surface area contributed by atoms with Gasteiger partial charge in [0.2, 0.25) is 0 Å². The van der Waals surface area contributed by atoms with Gasteiger partial charge in [-0.05, 0) is 30.3 Å². The van der Waals surface area contributed by atoms with E-state index in [1.807, 2.05) is 0 Å². The number of hydrogen-bond donors (Lipinski definition) is 0. The number of allylic oxidation sites excluding steroid dienone is 1. The molecule has 2 nitrogen and oxygen atoms in total. The van der Waals surface area contributed by atoms with Gasteiger partial charge < -0.3 is 0 Å². The Morgan fingerprint density at radius 3 is 2.13 bits per heavy atom. The van der Waals surface area contributed by atoms with Crippen LogP contribution in [0.3, 0.4) is 0 Å². The van der Waals surface area contributed by atoms with E-state index in [1.54, 1.807) is 0 Å². The SMILES string of the molecule is FC(F)(F)c1ccc(C=CCc2cc(C(F)(F)F)ccn2)nc1. The van der Waals surface area contributed by atoms with Crippen LogP contribution in [0.25, 0.3) is 6.08 Å². The summed E-state index contributed by atoms with van der Waals surface area (Å²) < 4.78 is 74.7. The second-order valence-electron chi connectivity index (χ2n) is 4.61. The lowest BCUT2D eigenvalue weighted by Crippen LogP contribution is -2.06. The highest BCUT2D eigenvalue weighted by Crippen LogP contribution is 2.29. The minimum atomic E-state index is -4.46. The van der Waals surface area contributed by atoms with Crippen molar-refractivity contribution in [2.24, 2.45) is 0 Å². The minimum absolute atomic E-state index is 0.104. The van der Waals surface area contributed by atoms with Crippen LogP contribution in [0.2, 0.25) is 0 Å². The molecular weight excluding hydrogens is 322 g/mol. The Labute approximate surface area is 127 Å². The average Bonchev–Trinajstić information content (AvgIpc) is 2.46. The molecule has 0 N–H and O–H groups in total. The summed E-state index contributed by atoms with van der Waals surface area (Å²) in [5.74, 6) is 0. The summed E-state index contributed by atoms with van der Waals surface area (Å²) in [5, 5.41) is 0. The van der Waals surface area contributed by atoms with Gasteiger partial charge >= 0.3 is 12.4 Å². The van der Waals surface area contributed by atoms with Crippen molar-refractivity contribution in [3.05, 3.63) is 65.2 Å². The number of nitrogens with zero attached hydrogens (tertiary/aromatic N) is 2. The average molecular weight is 332 g/mol. The molecule has 0 aliphatic carbocycles. The number of halogens is 6. The van der Waals surface area contributed by atoms with Gasteiger partial charge in [0.25, 0.3) is 0 Å². The third kappa shape index (κ3) is 4.80. The zero-order valence-corrected chi connectivity index (χ0v) is 11.5. The number of rotatable bonds is 3. The van der Waals surface area contributed by atoms with Crippen LogP contribution in [0.4, 0.5) is 26.3 Å². The summed E-state index contributed by atoms with van der Waals surface area (Å²) in [6, 6.07) is 3.85. The van der Waals surface area contributed by atoms with E-state index in [0.29, 0.717) is 6.20 Å². The van der Waals surface area contributed by atoms with Gasteiger partial charge in [-0.25, -0.2) is 0 Å². The molecule has 0 unspecified atom stereocenters. The first-order valence-electron chi connectivity index (χ1n) is 6.38. The van der Waals surface area contributed by atoms with Crippen molar-refractivity contribution in [1.82, 2.24) is 9.97 Å². The monoisotopic (exact) mass is 332 g/mol. The first-order valence-corrected chi connectivity index (χ1v) is 6.38. The molecule has 0 saturated carbocycles. The third-order valence-electron chi connectivity index (χ3n) is 2.87. The molecule has 0 amide bonds. The maximum absolute atomic E-state index is 12.5. The Kier molecular flexibility index (Phi) is 4.72. The van der Waals surface area contributed by atoms with Crippen molar-refractivity contribution in [2.45, 2.75) is 18.8 Å². The fraction of sp³-hybridized carbons (Fsp3) is 0.200. The van der Waals surface area contributed by atoms with E-state index in [2.05, 4.69) is 9.97 Å². The van der Waals surface area contributed by atoms with Crippen LogP contribution in [0.5, 0.6) is 0 Å². The lowest BCUT2D eigenvalue weighted by Gasteiger charge is -2.07. The summed E-state index contributed by atoms with van der Waals surface area (Å²) in [6.07, 6.45) is -4.15. The van der Waals surface area contributed by atoms with Gasteiger partial charge in [0.05, 0.1) is 16.8 Å². The van der Waals surface area contributed by atoms with Gasteiger partial charge in [-0.15, -0.1) is 0 Å². The normalized spacial score (nSPS) is 12.8. The van der Waals surface area contributed by atoms with Crippen LogP contribution >= 0.6 is 0 Å². The van der Waals surface area contributed by atoms with Crippen molar-refractivity contribution >= 4 is 6.08 Å². The molecule has 2 aromatic heterocycles. The second kappa shape index (κ2) is 6.39. The molecule has 2 heterocycles. The molecule has 0 atom stereocenters. The molecule has 0 fully saturated rings. The van der Waals surface area contributed by atoms with Gasteiger partial charge in [-0.3, -0.25) is 9.97 Å². The Hall–Kier alpha value is -2.38. The molecule has 122 valence electrons. The molecule has 0 aliphatic heterocycles. The molecule has 0 aliphatic rings. The minimum Gasteiger partial charge on any atom is -0.261 e. The van der Waals surface area contributed by atoms with Gasteiger partial charge in [0, 0.05) is 24.5 Å². The largest absolute Gasteiger partial charge is 0.417 e. The van der Waals surface area contributed by atoms with Crippen molar-refractivity contribution in [2.75, 3.05) is 0 Å². The molecule has 0 spiro atoms. The van der Waals surface area contributed by atoms with E-state index < -0.39 is 23.5 Å². The van der Waals surface area contributed by atoms with Crippen molar-refractivity contribution in [3.63, 3.8) is 0 Å². The summed E-state index contributed by atoms with van der Waals surface area (Å²) in [4.78, 5) is 7.44. The van der Waals surface area contributed by atoms with Crippen LogP contribution in [0, 0.1) is 0 Å². The zero-order valence-electron chi connectivity index (χ0n) is 11.5. The van der Waals surface area contributed by atoms with Gasteiger partial charge in [-0.2, -0.15) is 26.3 Å². The standard InChI is InChI=1S/C15H10F6N2/c16-14(17,18)10-6-7-22-13(8-10)3-1-2-12-5-4-11(9-23-12)15(19,20)21/h1-2,4-9H,3H2. The van der Waals surface area contributed by atoms with Crippen molar-refractivity contribution in [1.29, 1.82) is 0 Å². The maximum atomic E-state index is 12.5. The molecule has 23 heavy (non-hydrogen) atoms. The van der Waals surface area contributed by atoms with Gasteiger partial charge in [-0.1, -0.05) is 6.08 Å². The van der Waals surface area contributed by atoms with E-state index >= 15 is 0 Å². The molecule has 8 heteroatoms. The van der Waals surface area contributed by atoms with E-state index in [0.717, 1.165) is 24.4 Å². The summed E-state index contributed by atoms with van der Waals surface area (Å²) in [7, 11) is 0. The van der Waals surface area contributed by atoms with Gasteiger partial charge in [0.1, 0.15) is 0 Å². The highest BCUT2D eigenvalue weighted by Gasteiger charge is 2.31. The number of pyridine rings is 2. The lowest BCUT2D eigenvalue weighted by atomic mass is 10.1. The fourth-order valence-corrected chi connectivity index (χ4v) is 1.74. The highest BCUT2D eigenvalue weighted by molar-refractivity contribution is 5.45. The molecule has 0 saturated heterocycles. The zero-order chi connectivity index (χ0) is 17.1. The quantitative estimate of drug-likeness (QED) is 0.757. The molecule has 2 aromatic rings. The Bertz CT molecular complexity index is 686. The molecule has 2 rings (SSSR count). The predicted octanol–water partition coefficient (Wildman–Crippen LogP) is 4.77. The summed E-state index contributed by atoms with van der Waals surface area (Å²) >= 11 is 0. The van der Waals surface area contributed by atoms with Crippen LogP contribution in [-0.2, 0) is 18.8 Å². The molecular formula is C15H10F6N2. The summed E-state index contributed by atoms with van der Waals surface area (Å²) in [5.41, 5.74) is -1.20. The van der Waals surface area contributed by atoms with E-state index in [-0.39, 0.29) is 17.8 Å². The van der Waals surface area contributed by atoms with Crippen LogP contribution < -0.4 is 0 Å². The summed E-state index contributed by atoms with van der Waals surface area (Å²) in [6.45, 7) is 0. The highest BCUT2D eigenvalue weighted by atomic mass is 19.4. The van der Waals surface area contributed by atoms with Crippen LogP contribution in [0.15, 0.2) is 42.7 Å². The first kappa shape index (κ1) is 17.0. The van der Waals surface area contributed by atoms with Crippen molar-refractivity contribution in [3.8, 4) is 0 Å². The Morgan fingerprint density at radius 1 is 0.870 bits per heavy atom.